The molecule has 152 valence electrons. The predicted octanol–water partition coefficient (Wildman–Crippen LogP) is 4.52. The Hall–Kier alpha value is -3.78. The Bertz CT molecular complexity index is 1050. The molecule has 8 heteroatoms. The highest BCUT2D eigenvalue weighted by Gasteiger charge is 2.23. The molecule has 1 unspecified atom stereocenters. The fraction of sp³-hybridized carbons (Fsp3) is 0.182. The highest BCUT2D eigenvalue weighted by molar-refractivity contribution is 5.94. The molecule has 2 N–H and O–H groups in total. The summed E-state index contributed by atoms with van der Waals surface area (Å²) in [4.78, 5) is 27.5. The van der Waals surface area contributed by atoms with E-state index in [9.17, 15) is 14.9 Å². The van der Waals surface area contributed by atoms with Crippen molar-refractivity contribution in [3.63, 3.8) is 0 Å². The van der Waals surface area contributed by atoms with Gasteiger partial charge in [0, 0.05) is 29.6 Å². The van der Waals surface area contributed by atoms with Crippen LogP contribution in [0.2, 0.25) is 0 Å². The summed E-state index contributed by atoms with van der Waals surface area (Å²) in [5.74, 6) is 0.341. The number of hydrogen-bond acceptors (Lipinski definition) is 6. The number of carbonyl (C=O) groups excluding carboxylic acids is 1. The van der Waals surface area contributed by atoms with E-state index in [1.54, 1.807) is 42.5 Å². The van der Waals surface area contributed by atoms with E-state index in [2.05, 4.69) is 15.6 Å². The summed E-state index contributed by atoms with van der Waals surface area (Å²) < 4.78 is 5.38. The second-order valence-corrected chi connectivity index (χ2v) is 6.88. The van der Waals surface area contributed by atoms with E-state index in [-0.39, 0.29) is 17.7 Å². The lowest BCUT2D eigenvalue weighted by molar-refractivity contribution is -0.384. The molecule has 0 spiro atoms. The largest absolute Gasteiger partial charge is 0.368 e. The number of anilines is 3. The highest BCUT2D eigenvalue weighted by atomic mass is 16.6. The van der Waals surface area contributed by atoms with E-state index in [1.165, 1.54) is 6.07 Å². The molecule has 0 bridgehead atoms. The molecule has 0 aliphatic carbocycles. The molecular formula is C22H20N4O4. The highest BCUT2D eigenvalue weighted by Crippen LogP contribution is 2.30. The molecule has 4 rings (SSSR count). The van der Waals surface area contributed by atoms with Crippen LogP contribution < -0.4 is 10.6 Å². The summed E-state index contributed by atoms with van der Waals surface area (Å²) >= 11 is 0. The molecule has 1 fully saturated rings. The monoisotopic (exact) mass is 404 g/mol. The first-order valence-electron chi connectivity index (χ1n) is 9.60. The third-order valence-electron chi connectivity index (χ3n) is 4.76. The number of aromatic nitrogens is 1. The summed E-state index contributed by atoms with van der Waals surface area (Å²) in [5.41, 5.74) is 2.32. The van der Waals surface area contributed by atoms with E-state index >= 15 is 0 Å². The molecule has 1 aliphatic heterocycles. The average Bonchev–Trinajstić information content (AvgIpc) is 3.31. The maximum absolute atomic E-state index is 12.1. The second-order valence-electron chi connectivity index (χ2n) is 6.88. The maximum atomic E-state index is 12.1. The number of benzene rings is 2. The van der Waals surface area contributed by atoms with Gasteiger partial charge in [0.2, 0.25) is 0 Å². The van der Waals surface area contributed by atoms with Gasteiger partial charge in [-0.2, -0.15) is 0 Å². The number of hydrogen-bond donors (Lipinski definition) is 2. The molecule has 3 aromatic rings. The predicted molar refractivity (Wildman–Crippen MR) is 114 cm³/mol. The van der Waals surface area contributed by atoms with Crippen molar-refractivity contribution < 1.29 is 14.5 Å². The minimum absolute atomic E-state index is 0.0565. The van der Waals surface area contributed by atoms with Gasteiger partial charge in [0.1, 0.15) is 11.9 Å². The van der Waals surface area contributed by atoms with Gasteiger partial charge in [-0.15, -0.1) is 0 Å². The molecular weight excluding hydrogens is 384 g/mol. The van der Waals surface area contributed by atoms with Gasteiger partial charge in [-0.05, 0) is 43.2 Å². The van der Waals surface area contributed by atoms with Crippen molar-refractivity contribution in [2.75, 3.05) is 17.2 Å². The van der Waals surface area contributed by atoms with Crippen LogP contribution >= 0.6 is 0 Å². The quantitative estimate of drug-likeness (QED) is 0.462. The molecule has 0 radical (unpaired) electrons. The van der Waals surface area contributed by atoms with Crippen molar-refractivity contribution in [3.8, 4) is 11.3 Å². The molecule has 30 heavy (non-hydrogen) atoms. The van der Waals surface area contributed by atoms with E-state index in [1.807, 2.05) is 18.2 Å². The number of nitro groups is 1. The van der Waals surface area contributed by atoms with Crippen molar-refractivity contribution in [1.82, 2.24) is 4.98 Å². The SMILES string of the molecule is O=C(Nc1ccc(Nc2ccc([N+](=O)[O-])c(-c3ccccc3)n2)cc1)C1CCCO1. The minimum Gasteiger partial charge on any atom is -0.368 e. The molecule has 2 heterocycles. The fourth-order valence-electron chi connectivity index (χ4n) is 3.27. The third-order valence-corrected chi connectivity index (χ3v) is 4.76. The normalized spacial score (nSPS) is 15.5. The van der Waals surface area contributed by atoms with Gasteiger partial charge in [0.05, 0.1) is 4.92 Å². The Morgan fingerprint density at radius 3 is 2.43 bits per heavy atom. The van der Waals surface area contributed by atoms with Crippen LogP contribution in [-0.4, -0.2) is 28.5 Å². The number of carbonyl (C=O) groups is 1. The van der Waals surface area contributed by atoms with Crippen LogP contribution in [0.3, 0.4) is 0 Å². The molecule has 1 amide bonds. The maximum Gasteiger partial charge on any atom is 0.295 e. The van der Waals surface area contributed by atoms with E-state index in [0.717, 1.165) is 18.5 Å². The van der Waals surface area contributed by atoms with Gasteiger partial charge in [0.15, 0.2) is 5.69 Å². The molecule has 0 saturated carbocycles. The molecule has 1 saturated heterocycles. The van der Waals surface area contributed by atoms with Gasteiger partial charge in [-0.3, -0.25) is 14.9 Å². The van der Waals surface area contributed by atoms with Gasteiger partial charge >= 0.3 is 0 Å². The van der Waals surface area contributed by atoms with E-state index in [0.29, 0.717) is 29.4 Å². The zero-order valence-electron chi connectivity index (χ0n) is 16.1. The second kappa shape index (κ2) is 8.71. The Labute approximate surface area is 173 Å². The lowest BCUT2D eigenvalue weighted by Crippen LogP contribution is -2.26. The zero-order valence-corrected chi connectivity index (χ0v) is 16.1. The first kappa shape index (κ1) is 19.5. The number of amides is 1. The van der Waals surface area contributed by atoms with Gasteiger partial charge < -0.3 is 15.4 Å². The fourth-order valence-corrected chi connectivity index (χ4v) is 3.27. The molecule has 2 aromatic carbocycles. The van der Waals surface area contributed by atoms with Crippen molar-refractivity contribution in [1.29, 1.82) is 0 Å². The van der Waals surface area contributed by atoms with Crippen molar-refractivity contribution in [2.24, 2.45) is 0 Å². The van der Waals surface area contributed by atoms with Crippen LogP contribution in [0, 0.1) is 10.1 Å². The smallest absolute Gasteiger partial charge is 0.295 e. The standard InChI is InChI=1S/C22H20N4O4/c27-22(19-7-4-14-30-19)24-17-10-8-16(9-11-17)23-20-13-12-18(26(28)29)21(25-20)15-5-2-1-3-6-15/h1-3,5-6,8-13,19H,4,7,14H2,(H,23,25)(H,24,27). The van der Waals surface area contributed by atoms with Crippen LogP contribution in [0.25, 0.3) is 11.3 Å². The Balaban J connectivity index is 1.50. The molecule has 1 atom stereocenters. The Morgan fingerprint density at radius 2 is 1.77 bits per heavy atom. The first-order chi connectivity index (χ1) is 14.6. The van der Waals surface area contributed by atoms with Crippen molar-refractivity contribution in [2.45, 2.75) is 18.9 Å². The number of ether oxygens (including phenoxy) is 1. The topological polar surface area (TPSA) is 106 Å². The Kier molecular flexibility index (Phi) is 5.67. The summed E-state index contributed by atoms with van der Waals surface area (Å²) in [7, 11) is 0. The average molecular weight is 404 g/mol. The third kappa shape index (κ3) is 4.44. The van der Waals surface area contributed by atoms with Crippen LogP contribution in [0.1, 0.15) is 12.8 Å². The van der Waals surface area contributed by atoms with Crippen molar-refractivity contribution in [3.05, 3.63) is 76.8 Å². The van der Waals surface area contributed by atoms with Gasteiger partial charge in [0.25, 0.3) is 11.6 Å². The molecule has 1 aliphatic rings. The van der Waals surface area contributed by atoms with E-state index in [4.69, 9.17) is 4.74 Å². The molecule has 8 nitrogen and oxygen atoms in total. The van der Waals surface area contributed by atoms with Crippen molar-refractivity contribution >= 4 is 28.8 Å². The number of rotatable bonds is 6. The van der Waals surface area contributed by atoms with Crippen LogP contribution in [-0.2, 0) is 9.53 Å². The number of pyridine rings is 1. The first-order valence-corrected chi connectivity index (χ1v) is 9.60. The number of nitrogens with zero attached hydrogens (tertiary/aromatic N) is 2. The Morgan fingerprint density at radius 1 is 1.03 bits per heavy atom. The van der Waals surface area contributed by atoms with Crippen LogP contribution in [0.5, 0.6) is 0 Å². The van der Waals surface area contributed by atoms with Gasteiger partial charge in [-0.1, -0.05) is 30.3 Å². The minimum atomic E-state index is -0.440. The van der Waals surface area contributed by atoms with E-state index < -0.39 is 4.92 Å². The molecule has 1 aromatic heterocycles. The lowest BCUT2D eigenvalue weighted by atomic mass is 10.1. The summed E-state index contributed by atoms with van der Waals surface area (Å²) in [6, 6.07) is 19.2. The van der Waals surface area contributed by atoms with Crippen LogP contribution in [0.4, 0.5) is 22.9 Å². The van der Waals surface area contributed by atoms with Gasteiger partial charge in [-0.25, -0.2) is 4.98 Å². The zero-order chi connectivity index (χ0) is 20.9. The summed E-state index contributed by atoms with van der Waals surface area (Å²) in [5, 5.41) is 17.4. The summed E-state index contributed by atoms with van der Waals surface area (Å²) in [6.45, 7) is 0.619. The lowest BCUT2D eigenvalue weighted by Gasteiger charge is -2.12. The summed E-state index contributed by atoms with van der Waals surface area (Å²) in [6.07, 6.45) is 1.25. The van der Waals surface area contributed by atoms with Crippen LogP contribution in [0.15, 0.2) is 66.7 Å². The number of nitrogens with one attached hydrogen (secondary N) is 2.